The topological polar surface area (TPSA) is 232 Å². The number of carbonyl (C=O) groups is 3. The summed E-state index contributed by atoms with van der Waals surface area (Å²) in [6, 6.07) is 0.744. The van der Waals surface area contributed by atoms with Gasteiger partial charge in [-0.2, -0.15) is 0 Å². The molecule has 0 spiro atoms. The average molecular weight is 1280 g/mol. The highest BCUT2D eigenvalue weighted by Gasteiger charge is 2.45. The van der Waals surface area contributed by atoms with Crippen LogP contribution in [0.4, 0.5) is 14.4 Å². The van der Waals surface area contributed by atoms with Gasteiger partial charge < -0.3 is 57.7 Å². The van der Waals surface area contributed by atoms with Crippen LogP contribution in [0.1, 0.15) is 62.3 Å². The predicted octanol–water partition coefficient (Wildman–Crippen LogP) is 8.50. The van der Waals surface area contributed by atoms with E-state index in [4.69, 9.17) is 49.5 Å². The van der Waals surface area contributed by atoms with Crippen LogP contribution in [0.5, 0.6) is 12.0 Å². The highest BCUT2D eigenvalue weighted by Crippen LogP contribution is 2.37. The molecule has 0 aliphatic carbocycles. The molecule has 9 heterocycles. The first-order valence-corrected chi connectivity index (χ1v) is 28.2. The molecule has 3 aromatic heterocycles. The van der Waals surface area contributed by atoms with Crippen LogP contribution in [0.25, 0.3) is 0 Å². The molecule has 6 bridgehead atoms. The van der Waals surface area contributed by atoms with Gasteiger partial charge in [0.2, 0.25) is 5.28 Å². The fourth-order valence-corrected chi connectivity index (χ4v) is 10.4. The minimum absolute atomic E-state index is 0.181. The molecule has 6 fully saturated rings. The highest BCUT2D eigenvalue weighted by molar-refractivity contribution is 9.11. The summed E-state index contributed by atoms with van der Waals surface area (Å²) in [5.74, 6) is 2.29. The molecular formula is C51H73Br3ClN9O12. The Morgan fingerprint density at radius 3 is 0.987 bits per heavy atom. The zero-order chi connectivity index (χ0) is 55.4. The monoisotopic (exact) mass is 1280 g/mol. The maximum absolute atomic E-state index is 12.4. The Balaban J connectivity index is 0.000000174. The predicted molar refractivity (Wildman–Crippen MR) is 290 cm³/mol. The van der Waals surface area contributed by atoms with Crippen molar-refractivity contribution in [1.29, 1.82) is 0 Å². The van der Waals surface area contributed by atoms with Gasteiger partial charge in [0, 0.05) is 130 Å². The first kappa shape index (κ1) is 61.4. The summed E-state index contributed by atoms with van der Waals surface area (Å²) in [6.45, 7) is 25.7. The zero-order valence-electron chi connectivity index (χ0n) is 44.7. The Kier molecular flexibility index (Phi) is 22.5. The lowest BCUT2D eigenvalue weighted by molar-refractivity contribution is -0.0971. The number of piperidine rings is 3. The molecule has 21 nitrogen and oxygen atoms in total. The molecule has 422 valence electrons. The Bertz CT molecular complexity index is 2150. The van der Waals surface area contributed by atoms with E-state index >= 15 is 0 Å². The van der Waals surface area contributed by atoms with Gasteiger partial charge in [0.05, 0.1) is 66.3 Å². The van der Waals surface area contributed by atoms with E-state index in [0.29, 0.717) is 116 Å². The van der Waals surface area contributed by atoms with E-state index < -0.39 is 16.8 Å². The summed E-state index contributed by atoms with van der Waals surface area (Å²) < 4.78 is 47.3. The van der Waals surface area contributed by atoms with Crippen LogP contribution in [-0.2, 0) is 28.4 Å². The van der Waals surface area contributed by atoms with Crippen LogP contribution in [-0.4, -0.2) is 184 Å². The second-order valence-electron chi connectivity index (χ2n) is 22.7. The van der Waals surface area contributed by atoms with Crippen molar-refractivity contribution < 1.29 is 57.4 Å². The van der Waals surface area contributed by atoms with Crippen molar-refractivity contribution >= 4 is 77.7 Å². The van der Waals surface area contributed by atoms with Crippen molar-refractivity contribution in [3.63, 3.8) is 0 Å². The smallest absolute Gasteiger partial charge is 0.410 e. The summed E-state index contributed by atoms with van der Waals surface area (Å²) >= 11 is 15.1. The summed E-state index contributed by atoms with van der Waals surface area (Å²) in [4.78, 5) is 66.1. The molecule has 1 N–H and O–H groups in total. The van der Waals surface area contributed by atoms with Gasteiger partial charge in [-0.25, -0.2) is 44.3 Å². The van der Waals surface area contributed by atoms with Crippen molar-refractivity contribution in [1.82, 2.24) is 44.6 Å². The second-order valence-corrected chi connectivity index (χ2v) is 25.7. The number of amides is 3. The van der Waals surface area contributed by atoms with Gasteiger partial charge in [0.15, 0.2) is 0 Å². The molecule has 3 aromatic rings. The minimum Gasteiger partial charge on any atom is -0.463 e. The highest BCUT2D eigenvalue weighted by atomic mass is 79.9. The number of hydrogen-bond donors (Lipinski definition) is 1. The zero-order valence-corrected chi connectivity index (χ0v) is 50.3. The Morgan fingerprint density at radius 2 is 0.750 bits per heavy atom. The SMILES string of the molecule is CC(C)(C)OC(=O)N1CC2COCC(C1)C2CO.CC(C)(C)OC(=O)N1CC2COCC(C1)C2COc1ncc(Br)cn1.CC(C)(C)OC(=O)N1CC2COCC(C1)C2COc1ncc(Br)cn1.Clc1ncc(Br)cn1. The van der Waals surface area contributed by atoms with Crippen molar-refractivity contribution in [3.8, 4) is 12.0 Å². The van der Waals surface area contributed by atoms with Crippen LogP contribution < -0.4 is 9.47 Å². The number of hydrogen-bond acceptors (Lipinski definition) is 18. The first-order chi connectivity index (χ1) is 35.8. The number of nitrogens with zero attached hydrogens (tertiary/aromatic N) is 9. The number of aliphatic hydroxyl groups is 1. The molecule has 0 aromatic carbocycles. The van der Waals surface area contributed by atoms with Crippen LogP contribution in [0, 0.1) is 53.3 Å². The van der Waals surface area contributed by atoms with E-state index in [-0.39, 0.29) is 71.6 Å². The maximum Gasteiger partial charge on any atom is 0.410 e. The maximum atomic E-state index is 12.4. The summed E-state index contributed by atoms with van der Waals surface area (Å²) in [6.07, 6.45) is 9.09. The molecule has 6 aliphatic rings. The Labute approximate surface area is 475 Å². The van der Waals surface area contributed by atoms with Gasteiger partial charge in [0.25, 0.3) is 0 Å². The third kappa shape index (κ3) is 19.5. The third-order valence-electron chi connectivity index (χ3n) is 13.1. The molecule has 6 saturated heterocycles. The number of halogens is 4. The Hall–Kier alpha value is -3.78. The first-order valence-electron chi connectivity index (χ1n) is 25.4. The van der Waals surface area contributed by atoms with Gasteiger partial charge >= 0.3 is 30.3 Å². The van der Waals surface area contributed by atoms with Gasteiger partial charge in [-0.1, -0.05) is 0 Å². The molecule has 25 heteroatoms. The van der Waals surface area contributed by atoms with Crippen molar-refractivity contribution in [2.75, 3.05) is 98.7 Å². The molecule has 6 atom stereocenters. The number of carbonyl (C=O) groups excluding carboxylic acids is 3. The van der Waals surface area contributed by atoms with Crippen molar-refractivity contribution in [2.24, 2.45) is 53.3 Å². The summed E-state index contributed by atoms with van der Waals surface area (Å²) in [5, 5.41) is 9.69. The lowest BCUT2D eigenvalue weighted by Crippen LogP contribution is -2.56. The van der Waals surface area contributed by atoms with E-state index in [0.717, 1.165) is 13.4 Å². The van der Waals surface area contributed by atoms with E-state index in [1.165, 1.54) is 0 Å². The molecule has 9 rings (SSSR count). The van der Waals surface area contributed by atoms with E-state index in [2.05, 4.69) is 77.7 Å². The van der Waals surface area contributed by atoms with Crippen LogP contribution in [0.15, 0.2) is 50.6 Å². The lowest BCUT2D eigenvalue weighted by Gasteiger charge is -2.46. The molecule has 3 amide bonds. The van der Waals surface area contributed by atoms with Crippen LogP contribution in [0.3, 0.4) is 0 Å². The van der Waals surface area contributed by atoms with Crippen LogP contribution in [0.2, 0.25) is 5.28 Å². The largest absolute Gasteiger partial charge is 0.463 e. The summed E-state index contributed by atoms with van der Waals surface area (Å²) in [5.41, 5.74) is -1.43. The summed E-state index contributed by atoms with van der Waals surface area (Å²) in [7, 11) is 0. The number of aromatic nitrogens is 6. The molecule has 76 heavy (non-hydrogen) atoms. The van der Waals surface area contributed by atoms with Gasteiger partial charge in [-0.05, 0) is 128 Å². The number of ether oxygens (including phenoxy) is 8. The lowest BCUT2D eigenvalue weighted by atomic mass is 9.77. The van der Waals surface area contributed by atoms with Crippen LogP contribution >= 0.6 is 59.4 Å². The molecule has 6 aliphatic heterocycles. The van der Waals surface area contributed by atoms with E-state index in [9.17, 15) is 19.5 Å². The average Bonchev–Trinajstić information content (AvgIpc) is 3.32. The number of fused-ring (bicyclic) bond motifs is 6. The fraction of sp³-hybridized carbons (Fsp3) is 0.706. The number of likely N-dealkylation sites (tertiary alicyclic amines) is 3. The van der Waals surface area contributed by atoms with Crippen molar-refractivity contribution in [2.45, 2.75) is 79.1 Å². The van der Waals surface area contributed by atoms with Gasteiger partial charge in [0.1, 0.15) is 16.8 Å². The minimum atomic E-state index is -0.485. The second kappa shape index (κ2) is 27.9. The normalized spacial score (nSPS) is 25.9. The molecular weight excluding hydrogens is 1210 g/mol. The number of aliphatic hydroxyl groups excluding tert-OH is 1. The molecule has 0 saturated carbocycles. The van der Waals surface area contributed by atoms with E-state index in [1.54, 1.807) is 51.9 Å². The van der Waals surface area contributed by atoms with E-state index in [1.807, 2.05) is 62.3 Å². The van der Waals surface area contributed by atoms with Crippen molar-refractivity contribution in [3.05, 3.63) is 55.9 Å². The molecule has 0 radical (unpaired) electrons. The van der Waals surface area contributed by atoms with Gasteiger partial charge in [-0.15, -0.1) is 0 Å². The number of rotatable bonds is 7. The fourth-order valence-electron chi connectivity index (χ4n) is 9.72. The standard InChI is InChI=1S/2C17H24BrN3O4.C13H23NO4.C4H2BrClN2/c2*1-17(2,3)25-16(22)21-6-11-8-23-9-12(7-21)14(11)10-24-15-19-4-13(18)5-20-15;1-13(2,3)18-12(16)14-4-9-7-17-8-10(5-14)11(9)6-15;5-3-1-7-4(6)8-2-3/h2*4-5,11-12,14H,6-10H2,1-3H3;9-11,15H,4-8H2,1-3H3;1-2H. The quantitative estimate of drug-likeness (QED) is 0.172. The molecule has 6 unspecified atom stereocenters. The Morgan fingerprint density at radius 1 is 0.500 bits per heavy atom. The van der Waals surface area contributed by atoms with Gasteiger partial charge in [-0.3, -0.25) is 0 Å². The third-order valence-corrected chi connectivity index (χ3v) is 14.5.